The van der Waals surface area contributed by atoms with Gasteiger partial charge in [-0.1, -0.05) is 37.0 Å². The lowest BCUT2D eigenvalue weighted by Gasteiger charge is -2.01. The maximum absolute atomic E-state index is 5.63. The number of nitrogens with two attached hydrogens (primary N) is 1. The van der Waals surface area contributed by atoms with Gasteiger partial charge in [0.15, 0.2) is 11.6 Å². The molecule has 0 aliphatic rings. The van der Waals surface area contributed by atoms with Gasteiger partial charge in [-0.05, 0) is 40.8 Å². The highest BCUT2D eigenvalue weighted by molar-refractivity contribution is 14.1. The third-order valence-corrected chi connectivity index (χ3v) is 4.06. The van der Waals surface area contributed by atoms with Gasteiger partial charge in [0.2, 0.25) is 0 Å². The average Bonchev–Trinajstić information content (AvgIpc) is 2.52. The minimum atomic E-state index is 0.414. The molecule has 0 radical (unpaired) electrons. The molecule has 0 fully saturated rings. The van der Waals surface area contributed by atoms with Crippen LogP contribution in [0.4, 0.5) is 5.82 Å². The Balaban J connectivity index is 2.63. The molecular formula is C9H5Br2IN2O. The highest BCUT2D eigenvalue weighted by Crippen LogP contribution is 2.35. The van der Waals surface area contributed by atoms with E-state index in [1.807, 2.05) is 18.2 Å². The number of nitrogen functional groups attached to an aromatic ring is 1. The van der Waals surface area contributed by atoms with Crippen molar-refractivity contribution in [2.45, 2.75) is 0 Å². The molecule has 2 N–H and O–H groups in total. The first-order chi connectivity index (χ1) is 7.09. The lowest BCUT2D eigenvalue weighted by molar-refractivity contribution is 0.435. The highest BCUT2D eigenvalue weighted by Gasteiger charge is 2.15. The van der Waals surface area contributed by atoms with Crippen molar-refractivity contribution in [3.05, 3.63) is 30.7 Å². The van der Waals surface area contributed by atoms with E-state index >= 15 is 0 Å². The molecule has 1 aromatic carbocycles. The van der Waals surface area contributed by atoms with Crippen LogP contribution in [0.3, 0.4) is 0 Å². The summed E-state index contributed by atoms with van der Waals surface area (Å²) < 4.78 is 7.93. The second kappa shape index (κ2) is 4.42. The molecule has 15 heavy (non-hydrogen) atoms. The normalized spacial score (nSPS) is 10.6. The summed E-state index contributed by atoms with van der Waals surface area (Å²) in [6.45, 7) is 0. The fourth-order valence-corrected chi connectivity index (χ4v) is 2.41. The minimum Gasteiger partial charge on any atom is -0.380 e. The molecule has 0 aliphatic carbocycles. The van der Waals surface area contributed by atoms with Gasteiger partial charge in [0, 0.05) is 14.5 Å². The monoisotopic (exact) mass is 442 g/mol. The summed E-state index contributed by atoms with van der Waals surface area (Å²) in [7, 11) is 0. The molecule has 0 saturated carbocycles. The molecule has 1 aromatic heterocycles. The molecule has 0 atom stereocenters. The first kappa shape index (κ1) is 11.4. The van der Waals surface area contributed by atoms with E-state index in [2.05, 4.69) is 59.6 Å². The minimum absolute atomic E-state index is 0.414. The van der Waals surface area contributed by atoms with E-state index in [-0.39, 0.29) is 0 Å². The van der Waals surface area contributed by atoms with Crippen LogP contribution in [-0.2, 0) is 0 Å². The highest BCUT2D eigenvalue weighted by atomic mass is 127. The third kappa shape index (κ3) is 2.21. The molecule has 2 rings (SSSR count). The van der Waals surface area contributed by atoms with E-state index in [9.17, 15) is 0 Å². The maximum Gasteiger partial charge on any atom is 0.183 e. The van der Waals surface area contributed by atoms with Crippen molar-refractivity contribution >= 4 is 60.3 Å². The summed E-state index contributed by atoms with van der Waals surface area (Å²) in [5.74, 6) is 1.10. The van der Waals surface area contributed by atoms with Crippen LogP contribution in [0, 0.1) is 3.57 Å². The van der Waals surface area contributed by atoms with Gasteiger partial charge in [-0.25, -0.2) is 0 Å². The molecule has 0 saturated heterocycles. The SMILES string of the molecule is Nc1noc(-c2cc(Br)ccc2Br)c1I. The van der Waals surface area contributed by atoms with Crippen molar-refractivity contribution in [1.29, 1.82) is 0 Å². The fraction of sp³-hybridized carbons (Fsp3) is 0. The Morgan fingerprint density at radius 2 is 2.07 bits per heavy atom. The van der Waals surface area contributed by atoms with Gasteiger partial charge in [-0.3, -0.25) is 0 Å². The van der Waals surface area contributed by atoms with Crippen molar-refractivity contribution in [2.24, 2.45) is 0 Å². The zero-order chi connectivity index (χ0) is 11.0. The molecular weight excluding hydrogens is 439 g/mol. The summed E-state index contributed by atoms with van der Waals surface area (Å²) in [4.78, 5) is 0. The second-order valence-corrected chi connectivity index (χ2v) is 5.68. The third-order valence-electron chi connectivity index (χ3n) is 1.83. The number of hydrogen-bond acceptors (Lipinski definition) is 3. The number of rotatable bonds is 1. The van der Waals surface area contributed by atoms with Crippen LogP contribution in [-0.4, -0.2) is 5.16 Å². The van der Waals surface area contributed by atoms with E-state index in [4.69, 9.17) is 10.3 Å². The van der Waals surface area contributed by atoms with E-state index in [0.717, 1.165) is 18.1 Å². The van der Waals surface area contributed by atoms with Crippen LogP contribution in [0.25, 0.3) is 11.3 Å². The van der Waals surface area contributed by atoms with Crippen molar-refractivity contribution in [1.82, 2.24) is 5.16 Å². The van der Waals surface area contributed by atoms with Crippen molar-refractivity contribution in [3.8, 4) is 11.3 Å². The number of anilines is 1. The molecule has 78 valence electrons. The Bertz CT molecular complexity index is 513. The Morgan fingerprint density at radius 1 is 1.33 bits per heavy atom. The average molecular weight is 444 g/mol. The lowest BCUT2D eigenvalue weighted by Crippen LogP contribution is -1.86. The summed E-state index contributed by atoms with van der Waals surface area (Å²) in [6, 6.07) is 5.83. The smallest absolute Gasteiger partial charge is 0.183 e. The molecule has 0 unspecified atom stereocenters. The van der Waals surface area contributed by atoms with Gasteiger partial charge in [-0.2, -0.15) is 0 Å². The predicted molar refractivity (Wildman–Crippen MR) is 74.5 cm³/mol. The largest absolute Gasteiger partial charge is 0.380 e. The molecule has 0 bridgehead atoms. The van der Waals surface area contributed by atoms with Gasteiger partial charge >= 0.3 is 0 Å². The predicted octanol–water partition coefficient (Wildman–Crippen LogP) is 4.05. The Labute approximate surface area is 117 Å². The Morgan fingerprint density at radius 3 is 2.67 bits per heavy atom. The standard InChI is InChI=1S/C9H5Br2IN2O/c10-4-1-2-6(11)5(3-4)8-7(12)9(13)14-15-8/h1-3H,(H2,13,14). The quantitative estimate of drug-likeness (QED) is 0.676. The van der Waals surface area contributed by atoms with Crippen LogP contribution in [0.2, 0.25) is 0 Å². The van der Waals surface area contributed by atoms with Crippen LogP contribution in [0.1, 0.15) is 0 Å². The van der Waals surface area contributed by atoms with Crippen molar-refractivity contribution < 1.29 is 4.52 Å². The second-order valence-electron chi connectivity index (χ2n) is 2.84. The molecule has 1 heterocycles. The summed E-state index contributed by atoms with van der Waals surface area (Å²) >= 11 is 8.98. The summed E-state index contributed by atoms with van der Waals surface area (Å²) in [5, 5.41) is 3.72. The lowest BCUT2D eigenvalue weighted by atomic mass is 10.2. The topological polar surface area (TPSA) is 52.0 Å². The Kier molecular flexibility index (Phi) is 3.36. The van der Waals surface area contributed by atoms with Gasteiger partial charge in [0.25, 0.3) is 0 Å². The van der Waals surface area contributed by atoms with Crippen LogP contribution in [0.15, 0.2) is 31.7 Å². The van der Waals surface area contributed by atoms with Crippen LogP contribution in [0.5, 0.6) is 0 Å². The van der Waals surface area contributed by atoms with E-state index in [1.165, 1.54) is 0 Å². The molecule has 3 nitrogen and oxygen atoms in total. The van der Waals surface area contributed by atoms with Crippen molar-refractivity contribution in [3.63, 3.8) is 0 Å². The number of nitrogens with zero attached hydrogens (tertiary/aromatic N) is 1. The molecule has 2 aromatic rings. The maximum atomic E-state index is 5.63. The fourth-order valence-electron chi connectivity index (χ4n) is 1.13. The first-order valence-electron chi connectivity index (χ1n) is 3.95. The number of hydrogen-bond donors (Lipinski definition) is 1. The van der Waals surface area contributed by atoms with E-state index in [1.54, 1.807) is 0 Å². The number of benzene rings is 1. The number of halogens is 3. The van der Waals surface area contributed by atoms with Gasteiger partial charge in [-0.15, -0.1) is 0 Å². The van der Waals surface area contributed by atoms with E-state index < -0.39 is 0 Å². The number of aromatic nitrogens is 1. The molecule has 0 spiro atoms. The summed E-state index contributed by atoms with van der Waals surface area (Å²) in [5.41, 5.74) is 6.56. The Hall–Kier alpha value is -0.0800. The van der Waals surface area contributed by atoms with Crippen LogP contribution < -0.4 is 5.73 Å². The van der Waals surface area contributed by atoms with E-state index in [0.29, 0.717) is 11.6 Å². The van der Waals surface area contributed by atoms with Crippen molar-refractivity contribution in [2.75, 3.05) is 5.73 Å². The van der Waals surface area contributed by atoms with Gasteiger partial charge in [0.05, 0.1) is 0 Å². The molecule has 0 amide bonds. The zero-order valence-corrected chi connectivity index (χ0v) is 12.6. The molecule has 0 aliphatic heterocycles. The zero-order valence-electron chi connectivity index (χ0n) is 7.30. The van der Waals surface area contributed by atoms with Gasteiger partial charge in [0.1, 0.15) is 3.57 Å². The van der Waals surface area contributed by atoms with Crippen LogP contribution >= 0.6 is 54.5 Å². The summed E-state index contributed by atoms with van der Waals surface area (Å²) in [6.07, 6.45) is 0. The molecule has 6 heteroatoms. The first-order valence-corrected chi connectivity index (χ1v) is 6.62. The van der Waals surface area contributed by atoms with Gasteiger partial charge < -0.3 is 10.3 Å².